The number of carbonyl (C=O) groups is 2. The monoisotopic (exact) mass is 615 g/mol. The molecular formula is C35H53NO8. The number of ketones is 2. The summed E-state index contributed by atoms with van der Waals surface area (Å²) < 4.78 is 32.0. The molecule has 0 saturated heterocycles. The van der Waals surface area contributed by atoms with Gasteiger partial charge in [0.1, 0.15) is 0 Å². The number of rotatable bonds is 19. The van der Waals surface area contributed by atoms with Crippen LogP contribution in [-0.2, 0) is 9.47 Å². The highest BCUT2D eigenvalue weighted by Crippen LogP contribution is 2.31. The lowest BCUT2D eigenvalue weighted by Gasteiger charge is -2.16. The first-order valence-corrected chi connectivity index (χ1v) is 15.0. The third-order valence-corrected chi connectivity index (χ3v) is 6.29. The molecule has 0 aliphatic carbocycles. The van der Waals surface area contributed by atoms with Crippen LogP contribution in [0.2, 0.25) is 0 Å². The largest absolute Gasteiger partial charge is 0.493 e. The Morgan fingerprint density at radius 3 is 1.59 bits per heavy atom. The average Bonchev–Trinajstić information content (AvgIpc) is 2.99. The number of benzene rings is 2. The van der Waals surface area contributed by atoms with E-state index < -0.39 is 0 Å². The maximum absolute atomic E-state index is 12.8. The van der Waals surface area contributed by atoms with Crippen LogP contribution in [-0.4, -0.2) is 85.4 Å². The summed E-state index contributed by atoms with van der Waals surface area (Å²) in [5, 5.41) is 0. The number of nitrogens with zero attached hydrogens (tertiary/aromatic N) is 1. The van der Waals surface area contributed by atoms with Gasteiger partial charge in [0.15, 0.2) is 34.6 Å². The summed E-state index contributed by atoms with van der Waals surface area (Å²) in [5.74, 6) is 3.05. The smallest absolute Gasteiger partial charge is 0.190 e. The Morgan fingerprint density at radius 2 is 1.18 bits per heavy atom. The molecule has 0 heterocycles. The van der Waals surface area contributed by atoms with E-state index in [2.05, 4.69) is 0 Å². The van der Waals surface area contributed by atoms with Gasteiger partial charge < -0.3 is 33.3 Å². The third-order valence-electron chi connectivity index (χ3n) is 6.29. The fraction of sp³-hybridized carbons (Fsp3) is 0.543. The molecule has 0 bridgehead atoms. The summed E-state index contributed by atoms with van der Waals surface area (Å²) >= 11 is 0. The first-order valence-electron chi connectivity index (χ1n) is 15.0. The maximum atomic E-state index is 12.8. The molecule has 246 valence electrons. The van der Waals surface area contributed by atoms with Crippen LogP contribution in [0, 0.1) is 11.8 Å². The van der Waals surface area contributed by atoms with Gasteiger partial charge in [0.05, 0.1) is 27.4 Å². The van der Waals surface area contributed by atoms with Crippen molar-refractivity contribution in [3.63, 3.8) is 0 Å². The summed E-state index contributed by atoms with van der Waals surface area (Å²) in [7, 11) is 10.3. The van der Waals surface area contributed by atoms with Crippen LogP contribution in [0.5, 0.6) is 23.0 Å². The standard InChI is InChI=1S/C19H29NO4.C16H24O4/c1-14(2)16(13-20(3)4)19(21)15-8-9-17(23-6)18(12-15)24-11-7-10-22-5;1-12(2)10-14(17)13-6-7-15(19-4)16(11-13)20-9-5-8-18-3/h8-9,12-14H,7,10-11H2,1-6H3;6-7,11-12H,5,8-10H2,1-4H3. The third kappa shape index (κ3) is 13.8. The minimum absolute atomic E-state index is 0.00287. The summed E-state index contributed by atoms with van der Waals surface area (Å²) in [6.07, 6.45) is 3.98. The van der Waals surface area contributed by atoms with Crippen LogP contribution in [0.4, 0.5) is 0 Å². The molecule has 9 heteroatoms. The molecule has 0 unspecified atom stereocenters. The SMILES string of the molecule is COCCCOc1cc(C(=O)C(=CN(C)C)C(C)C)ccc1OC.COCCCOc1cc(C(=O)CC(C)C)ccc1OC. The highest BCUT2D eigenvalue weighted by Gasteiger charge is 2.18. The molecule has 2 rings (SSSR count). The molecule has 9 nitrogen and oxygen atoms in total. The van der Waals surface area contributed by atoms with Crippen molar-refractivity contribution in [1.29, 1.82) is 0 Å². The number of allylic oxidation sites excluding steroid dienone is 1. The molecule has 44 heavy (non-hydrogen) atoms. The molecule has 0 amide bonds. The van der Waals surface area contributed by atoms with Gasteiger partial charge in [-0.05, 0) is 48.2 Å². The van der Waals surface area contributed by atoms with E-state index in [0.29, 0.717) is 72.9 Å². The van der Waals surface area contributed by atoms with Crippen molar-refractivity contribution in [1.82, 2.24) is 4.90 Å². The lowest BCUT2D eigenvalue weighted by molar-refractivity contribution is 0.0966. The highest BCUT2D eigenvalue weighted by molar-refractivity contribution is 6.09. The van der Waals surface area contributed by atoms with E-state index in [0.717, 1.165) is 18.4 Å². The van der Waals surface area contributed by atoms with E-state index in [9.17, 15) is 9.59 Å². The lowest BCUT2D eigenvalue weighted by Crippen LogP contribution is -2.14. The van der Waals surface area contributed by atoms with Crippen molar-refractivity contribution >= 4 is 11.6 Å². The summed E-state index contributed by atoms with van der Waals surface area (Å²) in [6, 6.07) is 10.6. The molecular weight excluding hydrogens is 562 g/mol. The van der Waals surface area contributed by atoms with Crippen molar-refractivity contribution in [2.75, 3.05) is 69.0 Å². The second-order valence-electron chi connectivity index (χ2n) is 11.2. The van der Waals surface area contributed by atoms with E-state index in [4.69, 9.17) is 28.4 Å². The van der Waals surface area contributed by atoms with Gasteiger partial charge in [-0.1, -0.05) is 27.7 Å². The Bertz CT molecular complexity index is 1170. The molecule has 0 fully saturated rings. The van der Waals surface area contributed by atoms with Crippen LogP contribution in [0.25, 0.3) is 0 Å². The molecule has 0 aromatic heterocycles. The zero-order valence-electron chi connectivity index (χ0n) is 28.4. The van der Waals surface area contributed by atoms with Crippen molar-refractivity contribution in [3.8, 4) is 23.0 Å². The van der Waals surface area contributed by atoms with Crippen LogP contribution < -0.4 is 18.9 Å². The predicted molar refractivity (Wildman–Crippen MR) is 175 cm³/mol. The Balaban J connectivity index is 0.000000447. The molecule has 0 aliphatic heterocycles. The van der Waals surface area contributed by atoms with Gasteiger partial charge >= 0.3 is 0 Å². The summed E-state index contributed by atoms with van der Waals surface area (Å²) in [5.41, 5.74) is 2.02. The Kier molecular flexibility index (Phi) is 18.5. The summed E-state index contributed by atoms with van der Waals surface area (Å²) in [4.78, 5) is 26.8. The highest BCUT2D eigenvalue weighted by atomic mass is 16.5. The topological polar surface area (TPSA) is 92.8 Å². The molecule has 2 aromatic rings. The molecule has 0 spiro atoms. The zero-order chi connectivity index (χ0) is 33.1. The van der Waals surface area contributed by atoms with Crippen LogP contribution in [0.3, 0.4) is 0 Å². The van der Waals surface area contributed by atoms with Gasteiger partial charge in [-0.2, -0.15) is 0 Å². The van der Waals surface area contributed by atoms with Gasteiger partial charge in [-0.25, -0.2) is 0 Å². The molecule has 0 saturated carbocycles. The minimum Gasteiger partial charge on any atom is -0.493 e. The first-order chi connectivity index (χ1) is 21.0. The molecule has 2 aromatic carbocycles. The number of carbonyl (C=O) groups excluding carboxylic acids is 2. The van der Waals surface area contributed by atoms with E-state index >= 15 is 0 Å². The number of methoxy groups -OCH3 is 4. The van der Waals surface area contributed by atoms with Gasteiger partial charge in [-0.15, -0.1) is 0 Å². The van der Waals surface area contributed by atoms with E-state index in [1.807, 2.05) is 52.9 Å². The van der Waals surface area contributed by atoms with Crippen LogP contribution in [0.1, 0.15) is 67.7 Å². The average molecular weight is 616 g/mol. The molecule has 0 radical (unpaired) electrons. The van der Waals surface area contributed by atoms with E-state index in [-0.39, 0.29) is 17.5 Å². The number of ether oxygens (including phenoxy) is 6. The lowest BCUT2D eigenvalue weighted by atomic mass is 9.95. The summed E-state index contributed by atoms with van der Waals surface area (Å²) in [6.45, 7) is 10.4. The van der Waals surface area contributed by atoms with Crippen molar-refractivity contribution in [2.45, 2.75) is 47.0 Å². The zero-order valence-corrected chi connectivity index (χ0v) is 28.4. The second kappa shape index (κ2) is 21.2. The molecule has 0 N–H and O–H groups in total. The van der Waals surface area contributed by atoms with Gasteiger partial charge in [0.25, 0.3) is 0 Å². The molecule has 0 atom stereocenters. The van der Waals surface area contributed by atoms with Gasteiger partial charge in [0, 0.05) is 83.7 Å². The van der Waals surface area contributed by atoms with E-state index in [1.165, 1.54) is 0 Å². The van der Waals surface area contributed by atoms with Crippen LogP contribution >= 0.6 is 0 Å². The fourth-order valence-corrected chi connectivity index (χ4v) is 4.07. The first kappa shape index (κ1) is 38.5. The van der Waals surface area contributed by atoms with Crippen molar-refractivity contribution in [2.24, 2.45) is 11.8 Å². The maximum Gasteiger partial charge on any atom is 0.190 e. The number of hydrogen-bond acceptors (Lipinski definition) is 9. The van der Waals surface area contributed by atoms with Gasteiger partial charge in [0.2, 0.25) is 0 Å². The van der Waals surface area contributed by atoms with Gasteiger partial charge in [-0.3, -0.25) is 9.59 Å². The Labute approximate surface area is 264 Å². The van der Waals surface area contributed by atoms with E-state index in [1.54, 1.807) is 64.8 Å². The fourth-order valence-electron chi connectivity index (χ4n) is 4.07. The Morgan fingerprint density at radius 1 is 0.705 bits per heavy atom. The number of hydrogen-bond donors (Lipinski definition) is 0. The Hall–Kier alpha value is -3.56. The minimum atomic E-state index is 0.00287. The second-order valence-corrected chi connectivity index (χ2v) is 11.2. The van der Waals surface area contributed by atoms with Crippen LogP contribution in [0.15, 0.2) is 48.2 Å². The molecule has 0 aliphatic rings. The number of Topliss-reactive ketones (excluding diaryl/α,β-unsaturated/α-hetero) is 2. The predicted octanol–water partition coefficient (Wildman–Crippen LogP) is 6.73. The normalized spacial score (nSPS) is 11.1. The quantitative estimate of drug-likeness (QED) is 0.0968. The van der Waals surface area contributed by atoms with Crippen molar-refractivity contribution in [3.05, 3.63) is 59.3 Å². The van der Waals surface area contributed by atoms with Crippen molar-refractivity contribution < 1.29 is 38.0 Å².